The van der Waals surface area contributed by atoms with Crippen LogP contribution in [0.15, 0.2) is 6.07 Å². The Balaban J connectivity index is 2.01. The molecule has 0 aromatic carbocycles. The van der Waals surface area contributed by atoms with Gasteiger partial charge in [0.1, 0.15) is 11.9 Å². The van der Waals surface area contributed by atoms with Crippen molar-refractivity contribution >= 4 is 17.6 Å². The van der Waals surface area contributed by atoms with E-state index in [9.17, 15) is 14.9 Å². The number of nitriles is 1. The van der Waals surface area contributed by atoms with Crippen molar-refractivity contribution in [3.8, 4) is 6.07 Å². The number of carbonyl (C=O) groups is 2. The number of amides is 2. The van der Waals surface area contributed by atoms with E-state index in [1.54, 1.807) is 4.90 Å². The van der Waals surface area contributed by atoms with Crippen molar-refractivity contribution in [1.82, 2.24) is 10.3 Å². The smallest absolute Gasteiger partial charge is 0.246 e. The minimum Gasteiger partial charge on any atom is -0.337 e. The van der Waals surface area contributed by atoms with Crippen LogP contribution in [-0.4, -0.2) is 29.9 Å². The summed E-state index contributed by atoms with van der Waals surface area (Å²) >= 11 is 0. The fourth-order valence-electron chi connectivity index (χ4n) is 2.73. The molecule has 2 aliphatic rings. The summed E-state index contributed by atoms with van der Waals surface area (Å²) in [6, 6.07) is 3.98. The Morgan fingerprint density at radius 3 is 2.60 bits per heavy atom. The molecule has 102 valence electrons. The van der Waals surface area contributed by atoms with Crippen molar-refractivity contribution in [1.29, 1.82) is 5.26 Å². The van der Waals surface area contributed by atoms with E-state index in [1.807, 2.05) is 6.07 Å². The highest BCUT2D eigenvalue weighted by atomic mass is 16.2. The number of rotatable bonds is 1. The lowest BCUT2D eigenvalue weighted by Crippen LogP contribution is -2.52. The molecule has 1 N–H and O–H groups in total. The molecule has 1 aromatic rings. The number of hydrogen-bond donors (Lipinski definition) is 1. The second kappa shape index (κ2) is 4.93. The molecule has 1 aromatic heterocycles. The molecule has 0 bridgehead atoms. The molecule has 1 aliphatic carbocycles. The van der Waals surface area contributed by atoms with Crippen LogP contribution in [0.1, 0.15) is 29.7 Å². The SMILES string of the molecule is N#Cc1cc2c(nc1N1CC(=O)NC(=O)C1)CCCC2. The van der Waals surface area contributed by atoms with Crippen LogP contribution in [0.3, 0.4) is 0 Å². The van der Waals surface area contributed by atoms with Crippen LogP contribution in [-0.2, 0) is 22.4 Å². The third-order valence-corrected chi connectivity index (χ3v) is 3.65. The third kappa shape index (κ3) is 2.23. The number of fused-ring (bicyclic) bond motifs is 1. The first-order valence-electron chi connectivity index (χ1n) is 6.68. The van der Waals surface area contributed by atoms with Gasteiger partial charge in [0.25, 0.3) is 0 Å². The minimum absolute atomic E-state index is 0.0617. The fraction of sp³-hybridized carbons (Fsp3) is 0.429. The number of anilines is 1. The molecule has 0 unspecified atom stereocenters. The molecule has 0 atom stereocenters. The van der Waals surface area contributed by atoms with Gasteiger partial charge in [-0.15, -0.1) is 0 Å². The molecule has 20 heavy (non-hydrogen) atoms. The first kappa shape index (κ1) is 12.6. The van der Waals surface area contributed by atoms with Gasteiger partial charge in [0.05, 0.1) is 18.7 Å². The first-order chi connectivity index (χ1) is 9.67. The molecule has 2 amide bonds. The van der Waals surface area contributed by atoms with Crippen LogP contribution in [0.4, 0.5) is 5.82 Å². The molecule has 6 heteroatoms. The summed E-state index contributed by atoms with van der Waals surface area (Å²) in [5.41, 5.74) is 2.54. The number of aromatic nitrogens is 1. The van der Waals surface area contributed by atoms with Crippen LogP contribution >= 0.6 is 0 Å². The summed E-state index contributed by atoms with van der Waals surface area (Å²) in [6.07, 6.45) is 4.03. The van der Waals surface area contributed by atoms with Gasteiger partial charge in [-0.2, -0.15) is 5.26 Å². The number of imide groups is 1. The monoisotopic (exact) mass is 270 g/mol. The molecule has 0 radical (unpaired) electrons. The minimum atomic E-state index is -0.357. The molecule has 1 fully saturated rings. The van der Waals surface area contributed by atoms with Crippen molar-refractivity contribution in [2.24, 2.45) is 0 Å². The van der Waals surface area contributed by atoms with E-state index in [1.165, 1.54) is 0 Å². The Hall–Kier alpha value is -2.42. The van der Waals surface area contributed by atoms with Gasteiger partial charge in [0.15, 0.2) is 0 Å². The Morgan fingerprint density at radius 1 is 1.20 bits per heavy atom. The zero-order chi connectivity index (χ0) is 14.1. The van der Waals surface area contributed by atoms with E-state index in [-0.39, 0.29) is 24.9 Å². The molecular weight excluding hydrogens is 256 g/mol. The molecule has 1 saturated heterocycles. The average Bonchev–Trinajstić information content (AvgIpc) is 2.44. The predicted molar refractivity (Wildman–Crippen MR) is 71.0 cm³/mol. The van der Waals surface area contributed by atoms with Crippen LogP contribution < -0.4 is 10.2 Å². The number of aryl methyl sites for hydroxylation is 2. The van der Waals surface area contributed by atoms with Crippen LogP contribution in [0.2, 0.25) is 0 Å². The van der Waals surface area contributed by atoms with E-state index in [4.69, 9.17) is 0 Å². The molecule has 1 aliphatic heterocycles. The van der Waals surface area contributed by atoms with E-state index in [0.29, 0.717) is 11.4 Å². The van der Waals surface area contributed by atoms with Crippen LogP contribution in [0, 0.1) is 11.3 Å². The maximum Gasteiger partial charge on any atom is 0.246 e. The highest BCUT2D eigenvalue weighted by molar-refractivity contribution is 6.02. The number of hydrogen-bond acceptors (Lipinski definition) is 5. The Kier molecular flexibility index (Phi) is 3.11. The zero-order valence-electron chi connectivity index (χ0n) is 11.0. The highest BCUT2D eigenvalue weighted by Crippen LogP contribution is 2.26. The number of nitrogens with zero attached hydrogens (tertiary/aromatic N) is 3. The van der Waals surface area contributed by atoms with Gasteiger partial charge in [0.2, 0.25) is 11.8 Å². The summed E-state index contributed by atoms with van der Waals surface area (Å²) in [4.78, 5) is 29.0. The van der Waals surface area contributed by atoms with Crippen molar-refractivity contribution < 1.29 is 9.59 Å². The zero-order valence-corrected chi connectivity index (χ0v) is 11.0. The molecule has 0 saturated carbocycles. The molecular formula is C14H14N4O2. The van der Waals surface area contributed by atoms with E-state index >= 15 is 0 Å². The van der Waals surface area contributed by atoms with Gasteiger partial charge in [-0.3, -0.25) is 14.9 Å². The Labute approximate surface area is 116 Å². The van der Waals surface area contributed by atoms with E-state index < -0.39 is 0 Å². The van der Waals surface area contributed by atoms with Gasteiger partial charge >= 0.3 is 0 Å². The molecule has 2 heterocycles. The lowest BCUT2D eigenvalue weighted by atomic mass is 9.95. The van der Waals surface area contributed by atoms with Crippen molar-refractivity contribution in [3.63, 3.8) is 0 Å². The van der Waals surface area contributed by atoms with Crippen LogP contribution in [0.5, 0.6) is 0 Å². The number of pyridine rings is 1. The normalized spacial score (nSPS) is 18.2. The van der Waals surface area contributed by atoms with E-state index in [2.05, 4.69) is 16.4 Å². The summed E-state index contributed by atoms with van der Waals surface area (Å²) in [5, 5.41) is 11.5. The third-order valence-electron chi connectivity index (χ3n) is 3.65. The average molecular weight is 270 g/mol. The highest BCUT2D eigenvalue weighted by Gasteiger charge is 2.26. The number of nitrogens with one attached hydrogen (secondary N) is 1. The quantitative estimate of drug-likeness (QED) is 0.741. The molecule has 3 rings (SSSR count). The second-order valence-corrected chi connectivity index (χ2v) is 5.11. The standard InChI is InChI=1S/C14H14N4O2/c15-6-10-5-9-3-1-2-4-11(9)16-14(10)18-7-12(19)17-13(20)8-18/h5H,1-4,7-8H2,(H,17,19,20). The molecule has 6 nitrogen and oxygen atoms in total. The summed E-state index contributed by atoms with van der Waals surface area (Å²) in [5.74, 6) is -0.259. The topological polar surface area (TPSA) is 86.1 Å². The van der Waals surface area contributed by atoms with Crippen molar-refractivity contribution in [2.45, 2.75) is 25.7 Å². The van der Waals surface area contributed by atoms with Crippen LogP contribution in [0.25, 0.3) is 0 Å². The Morgan fingerprint density at radius 2 is 1.90 bits per heavy atom. The lowest BCUT2D eigenvalue weighted by Gasteiger charge is -2.28. The fourth-order valence-corrected chi connectivity index (χ4v) is 2.73. The largest absolute Gasteiger partial charge is 0.337 e. The van der Waals surface area contributed by atoms with Gasteiger partial charge in [0, 0.05) is 5.69 Å². The lowest BCUT2D eigenvalue weighted by molar-refractivity contribution is -0.130. The Bertz CT molecular complexity index is 617. The van der Waals surface area contributed by atoms with Crippen molar-refractivity contribution in [3.05, 3.63) is 22.9 Å². The van der Waals surface area contributed by atoms with Gasteiger partial charge < -0.3 is 4.90 Å². The number of piperazine rings is 1. The number of carbonyl (C=O) groups excluding carboxylic acids is 2. The second-order valence-electron chi connectivity index (χ2n) is 5.11. The first-order valence-corrected chi connectivity index (χ1v) is 6.68. The summed E-state index contributed by atoms with van der Waals surface area (Å²) in [7, 11) is 0. The van der Waals surface area contributed by atoms with E-state index in [0.717, 1.165) is 36.9 Å². The summed E-state index contributed by atoms with van der Waals surface area (Å²) in [6.45, 7) is 0.123. The predicted octanol–water partition coefficient (Wildman–Crippen LogP) is 0.295. The van der Waals surface area contributed by atoms with Gasteiger partial charge in [-0.1, -0.05) is 0 Å². The van der Waals surface area contributed by atoms with Gasteiger partial charge in [-0.05, 0) is 37.3 Å². The maximum atomic E-state index is 11.5. The molecule has 0 spiro atoms. The van der Waals surface area contributed by atoms with Crippen molar-refractivity contribution in [2.75, 3.05) is 18.0 Å². The maximum absolute atomic E-state index is 11.5. The summed E-state index contributed by atoms with van der Waals surface area (Å²) < 4.78 is 0. The van der Waals surface area contributed by atoms with Gasteiger partial charge in [-0.25, -0.2) is 4.98 Å².